The predicted molar refractivity (Wildman–Crippen MR) is 132 cm³/mol. The van der Waals surface area contributed by atoms with Crippen LogP contribution in [-0.2, 0) is 12.7 Å². The van der Waals surface area contributed by atoms with Crippen LogP contribution >= 0.6 is 0 Å². The van der Waals surface area contributed by atoms with Crippen LogP contribution in [-0.4, -0.2) is 46.8 Å². The van der Waals surface area contributed by atoms with E-state index in [9.17, 15) is 27.9 Å². The van der Waals surface area contributed by atoms with Crippen molar-refractivity contribution in [2.45, 2.75) is 19.6 Å². The zero-order valence-electron chi connectivity index (χ0n) is 19.7. The van der Waals surface area contributed by atoms with Crippen LogP contribution in [0.25, 0.3) is 21.8 Å². The fraction of sp³-hybridized carbons (Fsp3) is 0.269. The first-order chi connectivity index (χ1) is 17.6. The van der Waals surface area contributed by atoms with Crippen molar-refractivity contribution < 1.29 is 27.5 Å². The lowest BCUT2D eigenvalue weighted by Crippen LogP contribution is -2.47. The maximum Gasteiger partial charge on any atom is 0.416 e. The molecule has 11 heteroatoms. The Balaban J connectivity index is 1.55. The molecule has 0 spiro atoms. The fourth-order valence-corrected chi connectivity index (χ4v) is 4.87. The van der Waals surface area contributed by atoms with Crippen LogP contribution in [0.1, 0.15) is 22.8 Å². The molecule has 7 nitrogen and oxygen atoms in total. The first-order valence-corrected chi connectivity index (χ1v) is 11.6. The van der Waals surface area contributed by atoms with Crippen LogP contribution in [0, 0.1) is 5.82 Å². The van der Waals surface area contributed by atoms with E-state index in [2.05, 4.69) is 4.98 Å². The van der Waals surface area contributed by atoms with Crippen LogP contribution in [0.4, 0.5) is 28.9 Å². The van der Waals surface area contributed by atoms with Crippen LogP contribution in [0.5, 0.6) is 0 Å². The number of fused-ring (bicyclic) bond motifs is 3. The molecular formula is C26H22F4N4O3. The summed E-state index contributed by atoms with van der Waals surface area (Å²) in [5, 5.41) is 10.0. The van der Waals surface area contributed by atoms with Gasteiger partial charge in [-0.25, -0.2) is 9.18 Å². The van der Waals surface area contributed by atoms with Crippen molar-refractivity contribution in [3.63, 3.8) is 0 Å². The second-order valence-corrected chi connectivity index (χ2v) is 8.80. The third kappa shape index (κ3) is 4.24. The highest BCUT2D eigenvalue weighted by atomic mass is 19.4. The molecule has 4 aromatic rings. The number of halogens is 4. The van der Waals surface area contributed by atoms with Gasteiger partial charge in [0.25, 0.3) is 0 Å². The Morgan fingerprint density at radius 3 is 2.43 bits per heavy atom. The van der Waals surface area contributed by atoms with Crippen molar-refractivity contribution >= 4 is 39.1 Å². The maximum absolute atomic E-state index is 15.2. The highest BCUT2D eigenvalue weighted by molar-refractivity contribution is 6.09. The lowest BCUT2D eigenvalue weighted by molar-refractivity contribution is -0.137. The highest BCUT2D eigenvalue weighted by Gasteiger charge is 2.31. The summed E-state index contributed by atoms with van der Waals surface area (Å²) in [6.07, 6.45) is -1.73. The number of carboxylic acid groups (broad SMARTS) is 1. The molecule has 37 heavy (non-hydrogen) atoms. The topological polar surface area (TPSA) is 78.7 Å². The van der Waals surface area contributed by atoms with E-state index in [-0.39, 0.29) is 22.2 Å². The number of aromatic carboxylic acids is 1. The van der Waals surface area contributed by atoms with Crippen molar-refractivity contribution in [2.75, 3.05) is 36.0 Å². The van der Waals surface area contributed by atoms with Gasteiger partial charge in [-0.15, -0.1) is 0 Å². The van der Waals surface area contributed by atoms with Crippen LogP contribution < -0.4 is 15.2 Å². The average molecular weight is 514 g/mol. The lowest BCUT2D eigenvalue weighted by atomic mass is 10.0. The van der Waals surface area contributed by atoms with Crippen molar-refractivity contribution in [3.8, 4) is 0 Å². The minimum Gasteiger partial charge on any atom is -0.477 e. The Morgan fingerprint density at radius 2 is 1.78 bits per heavy atom. The Labute approximate surface area is 208 Å². The summed E-state index contributed by atoms with van der Waals surface area (Å²) in [6, 6.07) is 7.73. The normalized spacial score (nSPS) is 14.5. The Bertz CT molecular complexity index is 1590. The second-order valence-electron chi connectivity index (χ2n) is 8.80. The number of hydrogen-bond acceptors (Lipinski definition) is 5. The molecule has 2 aromatic carbocycles. The smallest absolute Gasteiger partial charge is 0.416 e. The number of aryl methyl sites for hydroxylation is 1. The standard InChI is InChI=1S/C26H22F4N4O3/c1-2-32-14-18(25(36)37)24(35)21-17-6-7-19(27)23(22(17)31-13-20(21)32)34-10-8-33(9-11-34)16-5-3-4-15(12-16)26(28,29)30/h3-7,12-14H,2,8-11H2,1H3,(H,36,37). The van der Waals surface area contributed by atoms with E-state index >= 15 is 4.39 Å². The number of aromatic nitrogens is 2. The van der Waals surface area contributed by atoms with Crippen molar-refractivity contribution in [2.24, 2.45) is 0 Å². The van der Waals surface area contributed by atoms with Crippen LogP contribution in [0.2, 0.25) is 0 Å². The number of benzene rings is 2. The molecule has 0 unspecified atom stereocenters. The molecule has 3 heterocycles. The molecule has 0 bridgehead atoms. The molecule has 0 saturated carbocycles. The van der Waals surface area contributed by atoms with Gasteiger partial charge in [0, 0.05) is 50.0 Å². The fourth-order valence-electron chi connectivity index (χ4n) is 4.87. The monoisotopic (exact) mass is 514 g/mol. The molecule has 0 atom stereocenters. The van der Waals surface area contributed by atoms with Crippen molar-refractivity contribution in [3.05, 3.63) is 76.0 Å². The van der Waals surface area contributed by atoms with Crippen LogP contribution in [0.3, 0.4) is 0 Å². The number of carbonyl (C=O) groups is 1. The number of carboxylic acids is 1. The van der Waals surface area contributed by atoms with Gasteiger partial charge >= 0.3 is 12.1 Å². The summed E-state index contributed by atoms with van der Waals surface area (Å²) in [6.45, 7) is 3.50. The van der Waals surface area contributed by atoms with Gasteiger partial charge in [-0.3, -0.25) is 9.78 Å². The van der Waals surface area contributed by atoms with Gasteiger partial charge < -0.3 is 19.5 Å². The number of piperazine rings is 1. The summed E-state index contributed by atoms with van der Waals surface area (Å²) in [5.41, 5.74) is -0.528. The molecule has 5 rings (SSSR count). The summed E-state index contributed by atoms with van der Waals surface area (Å²) < 4.78 is 56.2. The van der Waals surface area contributed by atoms with E-state index in [1.165, 1.54) is 30.6 Å². The quantitative estimate of drug-likeness (QED) is 0.313. The Kier molecular flexibility index (Phi) is 6.01. The zero-order valence-corrected chi connectivity index (χ0v) is 19.7. The van der Waals surface area contributed by atoms with Gasteiger partial charge in [0.1, 0.15) is 11.4 Å². The summed E-state index contributed by atoms with van der Waals surface area (Å²) in [5.74, 6) is -1.91. The molecule has 192 valence electrons. The highest BCUT2D eigenvalue weighted by Crippen LogP contribution is 2.34. The molecule has 1 saturated heterocycles. The number of anilines is 2. The molecule has 0 aliphatic carbocycles. The van der Waals surface area contributed by atoms with Gasteiger partial charge in [0.2, 0.25) is 5.43 Å². The number of pyridine rings is 2. The molecular weight excluding hydrogens is 492 g/mol. The minimum atomic E-state index is -4.45. The number of alkyl halides is 3. The molecule has 2 aromatic heterocycles. The lowest BCUT2D eigenvalue weighted by Gasteiger charge is -2.38. The number of nitrogens with zero attached hydrogens (tertiary/aromatic N) is 4. The van der Waals surface area contributed by atoms with Crippen LogP contribution in [0.15, 0.2) is 53.6 Å². The molecule has 1 fully saturated rings. The van der Waals surface area contributed by atoms with E-state index in [1.54, 1.807) is 27.4 Å². The van der Waals surface area contributed by atoms with E-state index in [0.717, 1.165) is 12.1 Å². The summed E-state index contributed by atoms with van der Waals surface area (Å²) in [7, 11) is 0. The third-order valence-electron chi connectivity index (χ3n) is 6.72. The Morgan fingerprint density at radius 1 is 1.08 bits per heavy atom. The largest absolute Gasteiger partial charge is 0.477 e. The van der Waals surface area contributed by atoms with Gasteiger partial charge in [0.15, 0.2) is 0 Å². The Hall–Kier alpha value is -4.15. The second kappa shape index (κ2) is 9.06. The molecule has 1 N–H and O–H groups in total. The third-order valence-corrected chi connectivity index (χ3v) is 6.72. The number of rotatable bonds is 4. The molecule has 1 aliphatic heterocycles. The maximum atomic E-state index is 15.2. The van der Waals surface area contributed by atoms with Crippen molar-refractivity contribution in [1.82, 2.24) is 9.55 Å². The van der Waals surface area contributed by atoms with Crippen molar-refractivity contribution in [1.29, 1.82) is 0 Å². The average Bonchev–Trinajstić information content (AvgIpc) is 2.88. The van der Waals surface area contributed by atoms with Gasteiger partial charge in [-0.1, -0.05) is 6.07 Å². The number of hydrogen-bond donors (Lipinski definition) is 1. The summed E-state index contributed by atoms with van der Waals surface area (Å²) >= 11 is 0. The van der Waals surface area contributed by atoms with E-state index < -0.39 is 29.0 Å². The van der Waals surface area contributed by atoms with E-state index in [1.807, 2.05) is 0 Å². The van der Waals surface area contributed by atoms with Gasteiger partial charge in [0.05, 0.1) is 33.9 Å². The summed E-state index contributed by atoms with van der Waals surface area (Å²) in [4.78, 5) is 32.8. The molecule has 0 amide bonds. The molecule has 1 aliphatic rings. The SMILES string of the molecule is CCn1cc(C(=O)O)c(=O)c2c3ccc(F)c(N4CCN(c5cccc(C(F)(F)F)c5)CC4)c3ncc21. The predicted octanol–water partition coefficient (Wildman–Crippen LogP) is 4.75. The van der Waals surface area contributed by atoms with Gasteiger partial charge in [-0.05, 0) is 37.3 Å². The van der Waals surface area contributed by atoms with E-state index in [4.69, 9.17) is 0 Å². The van der Waals surface area contributed by atoms with E-state index in [0.29, 0.717) is 49.3 Å². The molecule has 0 radical (unpaired) electrons. The van der Waals surface area contributed by atoms with Gasteiger partial charge in [-0.2, -0.15) is 13.2 Å². The minimum absolute atomic E-state index is 0.149. The first-order valence-electron chi connectivity index (χ1n) is 11.6. The first kappa shape index (κ1) is 24.5. The zero-order chi connectivity index (χ0) is 26.5.